The normalized spacial score (nSPS) is 22.4. The van der Waals surface area contributed by atoms with Crippen LogP contribution >= 0.6 is 0 Å². The number of aromatic nitrogens is 3. The van der Waals surface area contributed by atoms with Gasteiger partial charge in [-0.2, -0.15) is 0 Å². The van der Waals surface area contributed by atoms with Crippen LogP contribution < -0.4 is 10.2 Å². The number of hydrogen-bond donors (Lipinski definition) is 1. The molecule has 4 heterocycles. The number of esters is 1. The minimum absolute atomic E-state index is 0.0371. The van der Waals surface area contributed by atoms with Gasteiger partial charge in [0.15, 0.2) is 5.69 Å². The summed E-state index contributed by atoms with van der Waals surface area (Å²) in [5.41, 5.74) is 0.956. The number of nitrogens with one attached hydrogen (secondary N) is 1. The number of hydrogen-bond acceptors (Lipinski definition) is 9. The van der Waals surface area contributed by atoms with E-state index in [-0.39, 0.29) is 23.9 Å². The third-order valence-electron chi connectivity index (χ3n) is 4.77. The third kappa shape index (κ3) is 4.05. The van der Waals surface area contributed by atoms with Gasteiger partial charge < -0.3 is 24.4 Å². The lowest BCUT2D eigenvalue weighted by Crippen LogP contribution is -2.32. The van der Waals surface area contributed by atoms with E-state index in [1.807, 2.05) is 30.0 Å². The number of rotatable bonds is 4. The van der Waals surface area contributed by atoms with E-state index in [4.69, 9.17) is 14.2 Å². The van der Waals surface area contributed by atoms with Gasteiger partial charge in [0.1, 0.15) is 18.0 Å². The maximum atomic E-state index is 11.8. The molecule has 0 aliphatic carbocycles. The van der Waals surface area contributed by atoms with Gasteiger partial charge >= 0.3 is 5.97 Å². The van der Waals surface area contributed by atoms with Crippen LogP contribution in [-0.4, -0.2) is 72.6 Å². The molecule has 2 fully saturated rings. The van der Waals surface area contributed by atoms with Gasteiger partial charge in [-0.15, -0.1) is 0 Å². The Morgan fingerprint density at radius 1 is 1.21 bits per heavy atom. The number of pyridine rings is 1. The smallest absolute Gasteiger partial charge is 0.356 e. The zero-order valence-corrected chi connectivity index (χ0v) is 15.9. The highest BCUT2D eigenvalue weighted by Crippen LogP contribution is 2.24. The highest BCUT2D eigenvalue weighted by molar-refractivity contribution is 5.87. The maximum Gasteiger partial charge on any atom is 0.356 e. The second-order valence-electron chi connectivity index (χ2n) is 6.89. The van der Waals surface area contributed by atoms with E-state index in [0.717, 1.165) is 5.82 Å². The minimum atomic E-state index is -0.476. The summed E-state index contributed by atoms with van der Waals surface area (Å²) in [6.45, 7) is 4.07. The van der Waals surface area contributed by atoms with E-state index in [1.54, 1.807) is 12.3 Å². The average molecular weight is 385 g/mol. The molecule has 0 saturated carbocycles. The van der Waals surface area contributed by atoms with Gasteiger partial charge in [-0.3, -0.25) is 0 Å². The van der Waals surface area contributed by atoms with Gasteiger partial charge in [0, 0.05) is 25.0 Å². The lowest BCUT2D eigenvalue weighted by atomic mass is 10.3. The summed E-state index contributed by atoms with van der Waals surface area (Å²) in [4.78, 5) is 26.9. The standard InChI is InChI=1S/C19H23N5O4/c1-12-7-14(18(25)26-2)23-19(21-12)24-8-15-16(9-24)28-11-13(10-27-15)22-17-5-3-4-6-20-17/h3-7,13,15-16H,8-11H2,1-2H3,(H,20,22)/t15-,16-/m0/s1. The van der Waals surface area contributed by atoms with Crippen molar-refractivity contribution in [1.82, 2.24) is 15.0 Å². The van der Waals surface area contributed by atoms with E-state index in [9.17, 15) is 4.79 Å². The molecule has 1 N–H and O–H groups in total. The van der Waals surface area contributed by atoms with E-state index >= 15 is 0 Å². The van der Waals surface area contributed by atoms with Gasteiger partial charge in [0.2, 0.25) is 5.95 Å². The first-order valence-electron chi connectivity index (χ1n) is 9.22. The van der Waals surface area contributed by atoms with Crippen molar-refractivity contribution in [1.29, 1.82) is 0 Å². The molecule has 0 aromatic carbocycles. The van der Waals surface area contributed by atoms with Crippen molar-refractivity contribution in [3.05, 3.63) is 41.9 Å². The quantitative estimate of drug-likeness (QED) is 0.774. The molecule has 9 heteroatoms. The first kappa shape index (κ1) is 18.6. The molecule has 9 nitrogen and oxygen atoms in total. The van der Waals surface area contributed by atoms with Crippen molar-refractivity contribution in [2.75, 3.05) is 43.6 Å². The van der Waals surface area contributed by atoms with Crippen molar-refractivity contribution < 1.29 is 19.0 Å². The Morgan fingerprint density at radius 2 is 1.96 bits per heavy atom. The molecule has 0 amide bonds. The molecule has 0 radical (unpaired) electrons. The van der Waals surface area contributed by atoms with Crippen LogP contribution in [0.3, 0.4) is 0 Å². The van der Waals surface area contributed by atoms with E-state index in [0.29, 0.717) is 37.9 Å². The summed E-state index contributed by atoms with van der Waals surface area (Å²) in [6.07, 6.45) is 1.58. The fourth-order valence-corrected chi connectivity index (χ4v) is 3.40. The van der Waals surface area contributed by atoms with Crippen LogP contribution in [0.4, 0.5) is 11.8 Å². The zero-order chi connectivity index (χ0) is 19.5. The molecule has 2 atom stereocenters. The summed E-state index contributed by atoms with van der Waals surface area (Å²) in [5, 5.41) is 3.34. The molecule has 148 valence electrons. The molecule has 0 bridgehead atoms. The Kier molecular flexibility index (Phi) is 5.36. The van der Waals surface area contributed by atoms with Crippen molar-refractivity contribution in [3.63, 3.8) is 0 Å². The van der Waals surface area contributed by atoms with E-state index in [2.05, 4.69) is 20.3 Å². The first-order chi connectivity index (χ1) is 13.6. The molecule has 2 aromatic heterocycles. The van der Waals surface area contributed by atoms with Crippen LogP contribution in [0.5, 0.6) is 0 Å². The Balaban J connectivity index is 1.40. The van der Waals surface area contributed by atoms with Crippen LogP contribution in [0.15, 0.2) is 30.5 Å². The average Bonchev–Trinajstić information content (AvgIpc) is 3.04. The van der Waals surface area contributed by atoms with E-state index < -0.39 is 5.97 Å². The molecular weight excluding hydrogens is 362 g/mol. The highest BCUT2D eigenvalue weighted by Gasteiger charge is 2.38. The number of ether oxygens (including phenoxy) is 3. The SMILES string of the molecule is COC(=O)c1cc(C)nc(N2C[C@@H]3OCC(Nc4ccccn4)CO[C@H]3C2)n1. The summed E-state index contributed by atoms with van der Waals surface area (Å²) < 4.78 is 16.9. The number of anilines is 2. The molecule has 0 spiro atoms. The molecule has 2 saturated heterocycles. The minimum Gasteiger partial charge on any atom is -0.464 e. The highest BCUT2D eigenvalue weighted by atomic mass is 16.6. The molecular formula is C19H23N5O4. The number of carbonyl (C=O) groups is 1. The summed E-state index contributed by atoms with van der Waals surface area (Å²) in [7, 11) is 1.34. The Morgan fingerprint density at radius 3 is 2.61 bits per heavy atom. The lowest BCUT2D eigenvalue weighted by molar-refractivity contribution is -0.00461. The number of aryl methyl sites for hydroxylation is 1. The predicted molar refractivity (Wildman–Crippen MR) is 101 cm³/mol. The Hall–Kier alpha value is -2.78. The molecule has 2 aromatic rings. The van der Waals surface area contributed by atoms with Crippen LogP contribution in [0, 0.1) is 6.92 Å². The molecule has 0 unspecified atom stereocenters. The largest absolute Gasteiger partial charge is 0.464 e. The number of methoxy groups -OCH3 is 1. The third-order valence-corrected chi connectivity index (χ3v) is 4.77. The predicted octanol–water partition coefficient (Wildman–Crippen LogP) is 1.05. The first-order valence-corrected chi connectivity index (χ1v) is 9.22. The van der Waals surface area contributed by atoms with Crippen LogP contribution in [0.1, 0.15) is 16.2 Å². The molecule has 4 rings (SSSR count). The molecule has 28 heavy (non-hydrogen) atoms. The van der Waals surface area contributed by atoms with Crippen LogP contribution in [0.2, 0.25) is 0 Å². The Bertz CT molecular complexity index is 818. The second-order valence-corrected chi connectivity index (χ2v) is 6.89. The van der Waals surface area contributed by atoms with Crippen molar-refractivity contribution in [2.24, 2.45) is 0 Å². The fourth-order valence-electron chi connectivity index (χ4n) is 3.40. The molecule has 2 aliphatic heterocycles. The van der Waals surface area contributed by atoms with Gasteiger partial charge in [-0.05, 0) is 25.1 Å². The van der Waals surface area contributed by atoms with Crippen LogP contribution in [0.25, 0.3) is 0 Å². The van der Waals surface area contributed by atoms with Crippen molar-refractivity contribution in [2.45, 2.75) is 25.2 Å². The maximum absolute atomic E-state index is 11.8. The van der Waals surface area contributed by atoms with Crippen molar-refractivity contribution in [3.8, 4) is 0 Å². The summed E-state index contributed by atoms with van der Waals surface area (Å²) >= 11 is 0. The van der Waals surface area contributed by atoms with Gasteiger partial charge in [0.05, 0.1) is 26.4 Å². The number of nitrogens with zero attached hydrogens (tertiary/aromatic N) is 4. The monoisotopic (exact) mass is 385 g/mol. The van der Waals surface area contributed by atoms with E-state index in [1.165, 1.54) is 7.11 Å². The zero-order valence-electron chi connectivity index (χ0n) is 15.9. The van der Waals surface area contributed by atoms with Gasteiger partial charge in [0.25, 0.3) is 0 Å². The number of carbonyl (C=O) groups excluding carboxylic acids is 1. The van der Waals surface area contributed by atoms with Crippen molar-refractivity contribution >= 4 is 17.7 Å². The Labute approximate surface area is 163 Å². The van der Waals surface area contributed by atoms with Gasteiger partial charge in [-0.25, -0.2) is 19.7 Å². The van der Waals surface area contributed by atoms with Gasteiger partial charge in [-0.1, -0.05) is 6.07 Å². The fraction of sp³-hybridized carbons (Fsp3) is 0.474. The topological polar surface area (TPSA) is 98.7 Å². The number of fused-ring (bicyclic) bond motifs is 1. The summed E-state index contributed by atoms with van der Waals surface area (Å²) in [6, 6.07) is 7.38. The lowest BCUT2D eigenvalue weighted by Gasteiger charge is -2.20. The second kappa shape index (κ2) is 8.07. The van der Waals surface area contributed by atoms with Crippen LogP contribution in [-0.2, 0) is 14.2 Å². The summed E-state index contributed by atoms with van der Waals surface area (Å²) in [5.74, 6) is 0.817. The molecule has 2 aliphatic rings.